The Kier molecular flexibility index (Phi) is 6.39. The summed E-state index contributed by atoms with van der Waals surface area (Å²) in [7, 11) is 2.27. The van der Waals surface area contributed by atoms with E-state index in [1.807, 2.05) is 6.92 Å². The van der Waals surface area contributed by atoms with Crippen molar-refractivity contribution in [3.63, 3.8) is 0 Å². The van der Waals surface area contributed by atoms with Gasteiger partial charge in [0.1, 0.15) is 12.3 Å². The van der Waals surface area contributed by atoms with Gasteiger partial charge in [0.05, 0.1) is 18.6 Å². The van der Waals surface area contributed by atoms with Gasteiger partial charge in [0.25, 0.3) is 0 Å². The highest BCUT2D eigenvalue weighted by Gasteiger charge is 2.50. The molecule has 6 heteroatoms. The number of unbranched alkanes of at least 4 members (excludes halogenated alkanes) is 1. The molecular formula is C15H26FO4P. The second-order valence-electron chi connectivity index (χ2n) is 6.27. The summed E-state index contributed by atoms with van der Waals surface area (Å²) in [4.78, 5) is 11.4. The summed E-state index contributed by atoms with van der Waals surface area (Å²) < 4.78 is 24.5. The van der Waals surface area contributed by atoms with Gasteiger partial charge in [-0.2, -0.15) is 0 Å². The van der Waals surface area contributed by atoms with Gasteiger partial charge in [-0.05, 0) is 25.2 Å². The average Bonchev–Trinajstić information content (AvgIpc) is 2.97. The molecule has 1 aliphatic heterocycles. The minimum absolute atomic E-state index is 0.0130. The third-order valence-electron chi connectivity index (χ3n) is 4.88. The number of halogens is 1. The Hall–Kier alpha value is -0.250. The number of fused-ring (bicyclic) bond motifs is 1. The molecule has 2 rings (SSSR count). The first-order chi connectivity index (χ1) is 10.1. The molecule has 7 atom stereocenters. The Bertz CT molecular complexity index is 355. The van der Waals surface area contributed by atoms with Crippen LogP contribution in [0.3, 0.4) is 0 Å². The number of alkyl halides is 1. The van der Waals surface area contributed by atoms with Crippen LogP contribution in [0, 0.1) is 11.8 Å². The maximum atomic E-state index is 13.8. The molecule has 6 unspecified atom stereocenters. The van der Waals surface area contributed by atoms with Gasteiger partial charge < -0.3 is 14.4 Å². The SMILES string of the molecule is CCCCC(F)C(O)CC[C@H]1C(OP)CC2OC(=O)CC21. The van der Waals surface area contributed by atoms with Gasteiger partial charge in [-0.15, -0.1) is 0 Å². The van der Waals surface area contributed by atoms with Crippen LogP contribution in [-0.2, 0) is 14.1 Å². The third-order valence-corrected chi connectivity index (χ3v) is 5.23. The number of ether oxygens (including phenoxy) is 1. The lowest BCUT2D eigenvalue weighted by Gasteiger charge is -2.24. The highest BCUT2D eigenvalue weighted by molar-refractivity contribution is 7.09. The number of hydrogen-bond donors (Lipinski definition) is 1. The molecule has 1 heterocycles. The van der Waals surface area contributed by atoms with Gasteiger partial charge in [-0.25, -0.2) is 4.39 Å². The van der Waals surface area contributed by atoms with E-state index in [0.29, 0.717) is 32.1 Å². The third kappa shape index (κ3) is 4.14. The fraction of sp³-hybridized carbons (Fsp3) is 0.933. The molecule has 122 valence electrons. The highest BCUT2D eigenvalue weighted by atomic mass is 31.0. The number of rotatable bonds is 8. The zero-order valence-electron chi connectivity index (χ0n) is 12.5. The molecule has 1 saturated heterocycles. The number of carbonyl (C=O) groups excluding carboxylic acids is 1. The first-order valence-corrected chi connectivity index (χ1v) is 8.41. The van der Waals surface area contributed by atoms with E-state index in [9.17, 15) is 14.3 Å². The van der Waals surface area contributed by atoms with Crippen molar-refractivity contribution >= 4 is 15.4 Å². The standard InChI is InChI=1S/C15H26FO4P/c1-2-3-4-11(16)12(17)6-5-9-10-7-15(18)19-13(10)8-14(9)20-21/h9-14,17H,2-8,21H2,1H3/t9-,10?,11?,12?,13?,14?/m1/s1. The predicted octanol–water partition coefficient (Wildman–Crippen LogP) is 2.78. The van der Waals surface area contributed by atoms with Gasteiger partial charge in [0.15, 0.2) is 0 Å². The lowest BCUT2D eigenvalue weighted by molar-refractivity contribution is -0.141. The number of hydrogen-bond acceptors (Lipinski definition) is 4. The second kappa shape index (κ2) is 7.85. The summed E-state index contributed by atoms with van der Waals surface area (Å²) in [6, 6.07) is 0. The van der Waals surface area contributed by atoms with Gasteiger partial charge in [0, 0.05) is 21.8 Å². The van der Waals surface area contributed by atoms with E-state index in [1.165, 1.54) is 0 Å². The summed E-state index contributed by atoms with van der Waals surface area (Å²) in [5, 5.41) is 9.94. The molecule has 0 bridgehead atoms. The zero-order valence-corrected chi connectivity index (χ0v) is 13.7. The normalized spacial score (nSPS) is 34.6. The first kappa shape index (κ1) is 17.1. The van der Waals surface area contributed by atoms with Crippen LogP contribution in [-0.4, -0.2) is 35.6 Å². The van der Waals surface area contributed by atoms with Crippen LogP contribution < -0.4 is 0 Å². The summed E-state index contributed by atoms with van der Waals surface area (Å²) in [5.41, 5.74) is 0. The maximum absolute atomic E-state index is 13.8. The molecule has 4 nitrogen and oxygen atoms in total. The van der Waals surface area contributed by atoms with Crippen molar-refractivity contribution in [1.29, 1.82) is 0 Å². The molecule has 0 aromatic carbocycles. The van der Waals surface area contributed by atoms with Crippen molar-refractivity contribution in [2.45, 2.75) is 76.4 Å². The van der Waals surface area contributed by atoms with Gasteiger partial charge >= 0.3 is 5.97 Å². The lowest BCUT2D eigenvalue weighted by atomic mass is 9.86. The first-order valence-electron chi connectivity index (χ1n) is 7.94. The van der Waals surface area contributed by atoms with Crippen LogP contribution in [0.2, 0.25) is 0 Å². The molecule has 0 aromatic rings. The van der Waals surface area contributed by atoms with E-state index in [4.69, 9.17) is 9.26 Å². The number of aliphatic hydroxyl groups excluding tert-OH is 1. The molecule has 1 N–H and O–H groups in total. The summed E-state index contributed by atoms with van der Waals surface area (Å²) >= 11 is 0. The van der Waals surface area contributed by atoms with E-state index < -0.39 is 12.3 Å². The van der Waals surface area contributed by atoms with Gasteiger partial charge in [-0.1, -0.05) is 19.8 Å². The summed E-state index contributed by atoms with van der Waals surface area (Å²) in [6.45, 7) is 2.01. The van der Waals surface area contributed by atoms with Crippen molar-refractivity contribution in [2.24, 2.45) is 11.8 Å². The van der Waals surface area contributed by atoms with Crippen molar-refractivity contribution < 1.29 is 23.6 Å². The van der Waals surface area contributed by atoms with E-state index >= 15 is 0 Å². The maximum Gasteiger partial charge on any atom is 0.306 e. The van der Waals surface area contributed by atoms with Crippen molar-refractivity contribution in [2.75, 3.05) is 0 Å². The van der Waals surface area contributed by atoms with Crippen molar-refractivity contribution in [1.82, 2.24) is 0 Å². The van der Waals surface area contributed by atoms with Crippen LogP contribution in [0.15, 0.2) is 0 Å². The topological polar surface area (TPSA) is 55.8 Å². The van der Waals surface area contributed by atoms with Crippen LogP contribution in [0.4, 0.5) is 4.39 Å². The quantitative estimate of drug-likeness (QED) is 0.552. The molecule has 1 saturated carbocycles. The fourth-order valence-corrected chi connectivity index (χ4v) is 3.96. The Morgan fingerprint density at radius 3 is 2.95 bits per heavy atom. The lowest BCUT2D eigenvalue weighted by Crippen LogP contribution is -2.26. The molecule has 0 aromatic heterocycles. The van der Waals surface area contributed by atoms with Gasteiger partial charge in [0.2, 0.25) is 0 Å². The largest absolute Gasteiger partial charge is 0.462 e. The highest BCUT2D eigenvalue weighted by Crippen LogP contribution is 2.45. The molecule has 21 heavy (non-hydrogen) atoms. The number of carbonyl (C=O) groups is 1. The molecule has 1 aliphatic carbocycles. The molecule has 2 fully saturated rings. The monoisotopic (exact) mass is 320 g/mol. The van der Waals surface area contributed by atoms with E-state index in [1.54, 1.807) is 0 Å². The van der Waals surface area contributed by atoms with E-state index in [-0.39, 0.29) is 30.0 Å². The second-order valence-corrected chi connectivity index (χ2v) is 6.55. The van der Waals surface area contributed by atoms with E-state index in [0.717, 1.165) is 12.8 Å². The molecule has 0 radical (unpaired) electrons. The number of aliphatic hydroxyl groups is 1. The summed E-state index contributed by atoms with van der Waals surface area (Å²) in [5.74, 6) is 0.167. The Morgan fingerprint density at radius 2 is 2.29 bits per heavy atom. The van der Waals surface area contributed by atoms with Crippen molar-refractivity contribution in [3.8, 4) is 0 Å². The van der Waals surface area contributed by atoms with Gasteiger partial charge in [-0.3, -0.25) is 4.79 Å². The fourth-order valence-electron chi connectivity index (χ4n) is 3.65. The van der Waals surface area contributed by atoms with E-state index in [2.05, 4.69) is 9.47 Å². The van der Waals surface area contributed by atoms with Crippen molar-refractivity contribution in [3.05, 3.63) is 0 Å². The van der Waals surface area contributed by atoms with Crippen LogP contribution >= 0.6 is 9.47 Å². The predicted molar refractivity (Wildman–Crippen MR) is 80.3 cm³/mol. The van der Waals surface area contributed by atoms with Crippen LogP contribution in [0.5, 0.6) is 0 Å². The summed E-state index contributed by atoms with van der Waals surface area (Å²) in [6.07, 6.45) is 2.24. The smallest absolute Gasteiger partial charge is 0.306 e. The minimum atomic E-state index is -1.15. The Balaban J connectivity index is 1.84. The molecular weight excluding hydrogens is 294 g/mol. The van der Waals surface area contributed by atoms with Crippen LogP contribution in [0.25, 0.3) is 0 Å². The minimum Gasteiger partial charge on any atom is -0.462 e. The molecule has 0 spiro atoms. The Morgan fingerprint density at radius 1 is 1.52 bits per heavy atom. The number of esters is 1. The van der Waals surface area contributed by atoms with Crippen LogP contribution in [0.1, 0.15) is 51.9 Å². The zero-order chi connectivity index (χ0) is 15.4. The Labute approximate surface area is 128 Å². The molecule has 2 aliphatic rings. The average molecular weight is 320 g/mol. The molecule has 0 amide bonds.